The minimum atomic E-state index is -0.168. The summed E-state index contributed by atoms with van der Waals surface area (Å²) in [5, 5.41) is 0. The molecule has 2 heteroatoms. The van der Waals surface area contributed by atoms with Crippen LogP contribution in [0.5, 0.6) is 0 Å². The molecule has 1 heterocycles. The number of rotatable bonds is 3. The van der Waals surface area contributed by atoms with Gasteiger partial charge in [0, 0.05) is 12.4 Å². The quantitative estimate of drug-likeness (QED) is 0.574. The first-order chi connectivity index (χ1) is 11.6. The van der Waals surface area contributed by atoms with Crippen molar-refractivity contribution in [1.82, 2.24) is 4.98 Å². The second-order valence-corrected chi connectivity index (χ2v) is 6.15. The minimum Gasteiger partial charge on any atom is -0.265 e. The van der Waals surface area contributed by atoms with E-state index in [1.54, 1.807) is 13.0 Å². The highest BCUT2D eigenvalue weighted by atomic mass is 19.1. The summed E-state index contributed by atoms with van der Waals surface area (Å²) in [6.07, 6.45) is 3.61. The third kappa shape index (κ3) is 3.28. The first-order valence-electron chi connectivity index (χ1n) is 8.01. The lowest BCUT2D eigenvalue weighted by molar-refractivity contribution is 0.619. The minimum absolute atomic E-state index is 0.168. The van der Waals surface area contributed by atoms with Gasteiger partial charge < -0.3 is 0 Å². The van der Waals surface area contributed by atoms with Gasteiger partial charge in [0.05, 0.1) is 0 Å². The number of aromatic nitrogens is 1. The number of pyridine rings is 1. The highest BCUT2D eigenvalue weighted by Gasteiger charge is 2.08. The van der Waals surface area contributed by atoms with Crippen molar-refractivity contribution in [3.8, 4) is 11.1 Å². The normalized spacial score (nSPS) is 10.5. The van der Waals surface area contributed by atoms with Crippen molar-refractivity contribution in [3.63, 3.8) is 0 Å². The Bertz CT molecular complexity index is 874. The Morgan fingerprint density at radius 1 is 0.792 bits per heavy atom. The smallest absolute Gasteiger partial charge is 0.126 e. The summed E-state index contributed by atoms with van der Waals surface area (Å²) in [6, 6.07) is 17.7. The lowest BCUT2D eigenvalue weighted by atomic mass is 9.93. The molecule has 0 aliphatic rings. The number of halogens is 1. The first-order valence-corrected chi connectivity index (χ1v) is 8.01. The van der Waals surface area contributed by atoms with Gasteiger partial charge in [-0.1, -0.05) is 42.0 Å². The molecule has 0 saturated heterocycles. The number of hydrogen-bond acceptors (Lipinski definition) is 1. The largest absolute Gasteiger partial charge is 0.265 e. The molecule has 0 saturated carbocycles. The molecule has 0 fully saturated rings. The third-order valence-electron chi connectivity index (χ3n) is 4.15. The number of nitrogens with zero attached hydrogens (tertiary/aromatic N) is 1. The molecule has 0 spiro atoms. The number of benzene rings is 2. The molecule has 120 valence electrons. The van der Waals surface area contributed by atoms with Crippen LogP contribution < -0.4 is 0 Å². The summed E-state index contributed by atoms with van der Waals surface area (Å²) in [5.41, 5.74) is 7.33. The fourth-order valence-electron chi connectivity index (χ4n) is 2.86. The molecule has 0 radical (unpaired) electrons. The van der Waals surface area contributed by atoms with Crippen molar-refractivity contribution in [2.75, 3.05) is 0 Å². The second-order valence-electron chi connectivity index (χ2n) is 6.15. The molecule has 0 unspecified atom stereocenters. The van der Waals surface area contributed by atoms with Gasteiger partial charge in [0.1, 0.15) is 5.82 Å². The van der Waals surface area contributed by atoms with Gasteiger partial charge in [0.15, 0.2) is 0 Å². The van der Waals surface area contributed by atoms with Crippen LogP contribution in [0.25, 0.3) is 16.7 Å². The standard InChI is InChI=1S/C22H20FN/c1-15(2)22(19-10-12-24-13-11-19)18-8-6-17(7-9-18)20-5-4-16(3)21(23)14-20/h4-14H,1-3H3. The van der Waals surface area contributed by atoms with Crippen molar-refractivity contribution in [2.24, 2.45) is 0 Å². The van der Waals surface area contributed by atoms with Gasteiger partial charge in [0.25, 0.3) is 0 Å². The van der Waals surface area contributed by atoms with Gasteiger partial charge in [-0.25, -0.2) is 4.39 Å². The molecule has 1 nitrogen and oxygen atoms in total. The Morgan fingerprint density at radius 3 is 1.96 bits per heavy atom. The third-order valence-corrected chi connectivity index (χ3v) is 4.15. The topological polar surface area (TPSA) is 12.9 Å². The SMILES string of the molecule is CC(C)=C(c1ccncc1)c1ccc(-c2ccc(C)c(F)c2)cc1. The van der Waals surface area contributed by atoms with Crippen LogP contribution in [0, 0.1) is 12.7 Å². The van der Waals surface area contributed by atoms with E-state index in [4.69, 9.17) is 0 Å². The highest BCUT2D eigenvalue weighted by molar-refractivity contribution is 5.82. The highest BCUT2D eigenvalue weighted by Crippen LogP contribution is 2.29. The molecule has 0 aliphatic carbocycles. The van der Waals surface area contributed by atoms with Crippen molar-refractivity contribution in [2.45, 2.75) is 20.8 Å². The summed E-state index contributed by atoms with van der Waals surface area (Å²) in [7, 11) is 0. The van der Waals surface area contributed by atoms with Gasteiger partial charge in [0.2, 0.25) is 0 Å². The molecule has 1 aromatic heterocycles. The monoisotopic (exact) mass is 317 g/mol. The molecule has 0 aliphatic heterocycles. The zero-order valence-corrected chi connectivity index (χ0v) is 14.2. The van der Waals surface area contributed by atoms with Gasteiger partial charge in [-0.15, -0.1) is 0 Å². The van der Waals surface area contributed by atoms with Crippen LogP contribution in [0.4, 0.5) is 4.39 Å². The predicted octanol–water partition coefficient (Wildman–Crippen LogP) is 6.04. The lowest BCUT2D eigenvalue weighted by Gasteiger charge is -2.12. The molecule has 0 N–H and O–H groups in total. The van der Waals surface area contributed by atoms with Gasteiger partial charge >= 0.3 is 0 Å². The number of allylic oxidation sites excluding steroid dienone is 1. The Balaban J connectivity index is 1.99. The van der Waals surface area contributed by atoms with Gasteiger partial charge in [-0.05, 0) is 72.4 Å². The molecule has 3 aromatic rings. The molecular weight excluding hydrogens is 297 g/mol. The second kappa shape index (κ2) is 6.79. The summed E-state index contributed by atoms with van der Waals surface area (Å²) >= 11 is 0. The summed E-state index contributed by atoms with van der Waals surface area (Å²) in [4.78, 5) is 4.09. The van der Waals surface area contributed by atoms with E-state index in [-0.39, 0.29) is 5.82 Å². The lowest BCUT2D eigenvalue weighted by Crippen LogP contribution is -1.91. The molecule has 3 rings (SSSR count). The molecule has 24 heavy (non-hydrogen) atoms. The summed E-state index contributed by atoms with van der Waals surface area (Å²) < 4.78 is 13.8. The first kappa shape index (κ1) is 16.1. The molecule has 2 aromatic carbocycles. The van der Waals surface area contributed by atoms with Crippen molar-refractivity contribution in [3.05, 3.63) is 95.1 Å². The van der Waals surface area contributed by atoms with Crippen molar-refractivity contribution < 1.29 is 4.39 Å². The van der Waals surface area contributed by atoms with E-state index in [0.717, 1.165) is 22.3 Å². The average molecular weight is 317 g/mol. The Kier molecular flexibility index (Phi) is 4.57. The van der Waals surface area contributed by atoms with Crippen LogP contribution in [0.3, 0.4) is 0 Å². The maximum atomic E-state index is 13.8. The Labute approximate surface area is 142 Å². The number of aryl methyl sites for hydroxylation is 1. The predicted molar refractivity (Wildman–Crippen MR) is 98.2 cm³/mol. The maximum absolute atomic E-state index is 13.8. The van der Waals surface area contributed by atoms with E-state index in [2.05, 4.69) is 31.0 Å². The molecule has 0 atom stereocenters. The van der Waals surface area contributed by atoms with Crippen molar-refractivity contribution in [1.29, 1.82) is 0 Å². The summed E-state index contributed by atoms with van der Waals surface area (Å²) in [5.74, 6) is -0.168. The fraction of sp³-hybridized carbons (Fsp3) is 0.136. The van der Waals surface area contributed by atoms with Gasteiger partial charge in [-0.3, -0.25) is 4.98 Å². The van der Waals surface area contributed by atoms with E-state index in [1.807, 2.05) is 48.8 Å². The van der Waals surface area contributed by atoms with Crippen LogP contribution in [0.2, 0.25) is 0 Å². The van der Waals surface area contributed by atoms with E-state index >= 15 is 0 Å². The molecule has 0 amide bonds. The Hall–Kier alpha value is -2.74. The zero-order valence-electron chi connectivity index (χ0n) is 14.2. The fourth-order valence-corrected chi connectivity index (χ4v) is 2.86. The van der Waals surface area contributed by atoms with Crippen LogP contribution in [-0.4, -0.2) is 4.98 Å². The number of hydrogen-bond donors (Lipinski definition) is 0. The van der Waals surface area contributed by atoms with Gasteiger partial charge in [-0.2, -0.15) is 0 Å². The molecule has 0 bridgehead atoms. The summed E-state index contributed by atoms with van der Waals surface area (Å²) in [6.45, 7) is 6.00. The van der Waals surface area contributed by atoms with Crippen molar-refractivity contribution >= 4 is 5.57 Å². The molecular formula is C22H20FN. The Morgan fingerprint density at radius 2 is 1.38 bits per heavy atom. The van der Waals surface area contributed by atoms with Crippen LogP contribution >= 0.6 is 0 Å². The van der Waals surface area contributed by atoms with E-state index in [1.165, 1.54) is 11.1 Å². The van der Waals surface area contributed by atoms with Crippen LogP contribution in [0.1, 0.15) is 30.5 Å². The van der Waals surface area contributed by atoms with E-state index in [0.29, 0.717) is 5.56 Å². The average Bonchev–Trinajstić information content (AvgIpc) is 2.59. The maximum Gasteiger partial charge on any atom is 0.126 e. The van der Waals surface area contributed by atoms with E-state index in [9.17, 15) is 4.39 Å². The van der Waals surface area contributed by atoms with E-state index < -0.39 is 0 Å². The van der Waals surface area contributed by atoms with Crippen LogP contribution in [-0.2, 0) is 0 Å². The zero-order chi connectivity index (χ0) is 17.1. The van der Waals surface area contributed by atoms with Crippen LogP contribution in [0.15, 0.2) is 72.6 Å².